The molecule has 0 unspecified atom stereocenters. The fourth-order valence-corrected chi connectivity index (χ4v) is 2.97. The number of pyridine rings is 1. The van der Waals surface area contributed by atoms with Gasteiger partial charge >= 0.3 is 0 Å². The van der Waals surface area contributed by atoms with E-state index in [0.29, 0.717) is 12.2 Å². The van der Waals surface area contributed by atoms with Gasteiger partial charge in [-0.3, -0.25) is 0 Å². The van der Waals surface area contributed by atoms with Gasteiger partial charge in [0.1, 0.15) is 16.8 Å². The van der Waals surface area contributed by atoms with Crippen LogP contribution in [0.4, 0.5) is 0 Å². The smallest absolute Gasteiger partial charge is 0.119 e. The molecular formula is C17H18N2OS. The van der Waals surface area contributed by atoms with Crippen LogP contribution in [0, 0.1) is 32.1 Å². The molecule has 4 heteroatoms. The SMILES string of the molecule is Cc1cccc(OCCSc2nc(C)cc(C)c2C#N)c1. The highest BCUT2D eigenvalue weighted by molar-refractivity contribution is 7.99. The number of rotatable bonds is 5. The highest BCUT2D eigenvalue weighted by atomic mass is 32.2. The first kappa shape index (κ1) is 15.4. The number of ether oxygens (including phenoxy) is 1. The van der Waals surface area contributed by atoms with Gasteiger partial charge in [-0.25, -0.2) is 4.98 Å². The maximum absolute atomic E-state index is 9.22. The van der Waals surface area contributed by atoms with Crippen LogP contribution in [0.3, 0.4) is 0 Å². The first-order valence-electron chi connectivity index (χ1n) is 6.81. The van der Waals surface area contributed by atoms with E-state index in [1.54, 1.807) is 11.8 Å². The predicted octanol–water partition coefficient (Wildman–Crippen LogP) is 4.05. The minimum Gasteiger partial charge on any atom is -0.493 e. The van der Waals surface area contributed by atoms with Crippen molar-refractivity contribution in [2.45, 2.75) is 25.8 Å². The molecule has 0 spiro atoms. The molecule has 1 heterocycles. The van der Waals surface area contributed by atoms with Crippen LogP contribution in [0.15, 0.2) is 35.4 Å². The van der Waals surface area contributed by atoms with Gasteiger partial charge in [0.15, 0.2) is 0 Å². The number of aryl methyl sites for hydroxylation is 3. The van der Waals surface area contributed by atoms with Crippen molar-refractivity contribution in [3.63, 3.8) is 0 Å². The minimum atomic E-state index is 0.591. The lowest BCUT2D eigenvalue weighted by molar-refractivity contribution is 0.343. The molecule has 0 aliphatic rings. The van der Waals surface area contributed by atoms with Crippen LogP contribution >= 0.6 is 11.8 Å². The molecule has 1 aromatic heterocycles. The molecule has 1 aromatic carbocycles. The minimum absolute atomic E-state index is 0.591. The fraction of sp³-hybridized carbons (Fsp3) is 0.294. The van der Waals surface area contributed by atoms with E-state index >= 15 is 0 Å². The first-order chi connectivity index (χ1) is 10.1. The largest absolute Gasteiger partial charge is 0.493 e. The Labute approximate surface area is 130 Å². The van der Waals surface area contributed by atoms with E-state index in [1.807, 2.05) is 51.1 Å². The lowest BCUT2D eigenvalue weighted by atomic mass is 10.1. The third-order valence-corrected chi connectivity index (χ3v) is 3.94. The molecule has 0 saturated carbocycles. The topological polar surface area (TPSA) is 45.9 Å². The van der Waals surface area contributed by atoms with Gasteiger partial charge in [-0.1, -0.05) is 12.1 Å². The molecule has 108 valence electrons. The molecule has 0 atom stereocenters. The van der Waals surface area contributed by atoms with E-state index in [4.69, 9.17) is 4.74 Å². The van der Waals surface area contributed by atoms with Gasteiger partial charge in [0.2, 0.25) is 0 Å². The molecule has 0 amide bonds. The number of thioether (sulfide) groups is 1. The highest BCUT2D eigenvalue weighted by Crippen LogP contribution is 2.23. The number of aromatic nitrogens is 1. The fourth-order valence-electron chi connectivity index (χ4n) is 2.05. The average Bonchev–Trinajstić information content (AvgIpc) is 2.43. The second-order valence-electron chi connectivity index (χ2n) is 4.89. The third kappa shape index (κ3) is 4.24. The van der Waals surface area contributed by atoms with Gasteiger partial charge in [-0.15, -0.1) is 11.8 Å². The quantitative estimate of drug-likeness (QED) is 0.617. The standard InChI is InChI=1S/C17H18N2OS/c1-12-5-4-6-15(9-12)20-7-8-21-17-16(11-18)13(2)10-14(3)19-17/h4-6,9-10H,7-8H2,1-3H3. The van der Waals surface area contributed by atoms with Crippen LogP contribution in [0.2, 0.25) is 0 Å². The Morgan fingerprint density at radius 1 is 1.24 bits per heavy atom. The number of nitrogens with zero attached hydrogens (tertiary/aromatic N) is 2. The van der Waals surface area contributed by atoms with Gasteiger partial charge in [0.05, 0.1) is 12.2 Å². The highest BCUT2D eigenvalue weighted by Gasteiger charge is 2.09. The Kier molecular flexibility index (Phi) is 5.24. The summed E-state index contributed by atoms with van der Waals surface area (Å²) in [4.78, 5) is 4.45. The number of hydrogen-bond acceptors (Lipinski definition) is 4. The molecule has 0 N–H and O–H groups in total. The summed E-state index contributed by atoms with van der Waals surface area (Å²) in [7, 11) is 0. The zero-order valence-corrected chi connectivity index (χ0v) is 13.3. The molecule has 3 nitrogen and oxygen atoms in total. The Hall–Kier alpha value is -1.99. The Morgan fingerprint density at radius 3 is 2.76 bits per heavy atom. The lowest BCUT2D eigenvalue weighted by Gasteiger charge is -2.09. The van der Waals surface area contributed by atoms with Crippen LogP contribution in [0.5, 0.6) is 5.75 Å². The van der Waals surface area contributed by atoms with Crippen LogP contribution in [0.25, 0.3) is 0 Å². The van der Waals surface area contributed by atoms with Crippen molar-refractivity contribution >= 4 is 11.8 Å². The van der Waals surface area contributed by atoms with E-state index < -0.39 is 0 Å². The molecular weight excluding hydrogens is 280 g/mol. The molecule has 0 radical (unpaired) electrons. The number of nitriles is 1. The lowest BCUT2D eigenvalue weighted by Crippen LogP contribution is -2.02. The Bertz CT molecular complexity index is 677. The summed E-state index contributed by atoms with van der Waals surface area (Å²) >= 11 is 1.56. The predicted molar refractivity (Wildman–Crippen MR) is 85.8 cm³/mol. The van der Waals surface area contributed by atoms with Crippen LogP contribution < -0.4 is 4.74 Å². The van der Waals surface area contributed by atoms with Crippen molar-refractivity contribution in [3.05, 3.63) is 52.7 Å². The molecule has 21 heavy (non-hydrogen) atoms. The van der Waals surface area contributed by atoms with Crippen molar-refractivity contribution < 1.29 is 4.74 Å². The maximum Gasteiger partial charge on any atom is 0.119 e. The normalized spacial score (nSPS) is 10.2. The summed E-state index contributed by atoms with van der Waals surface area (Å²) in [5.41, 5.74) is 3.77. The van der Waals surface area contributed by atoms with E-state index in [-0.39, 0.29) is 0 Å². The number of benzene rings is 1. The van der Waals surface area contributed by atoms with E-state index in [0.717, 1.165) is 27.8 Å². The van der Waals surface area contributed by atoms with Gasteiger partial charge in [0, 0.05) is 11.4 Å². The molecule has 2 rings (SSSR count). The van der Waals surface area contributed by atoms with Gasteiger partial charge in [0.25, 0.3) is 0 Å². The molecule has 0 bridgehead atoms. The van der Waals surface area contributed by atoms with E-state index in [1.165, 1.54) is 5.56 Å². The molecule has 0 saturated heterocycles. The van der Waals surface area contributed by atoms with Gasteiger partial charge in [-0.05, 0) is 50.1 Å². The Morgan fingerprint density at radius 2 is 2.05 bits per heavy atom. The summed E-state index contributed by atoms with van der Waals surface area (Å²) in [5.74, 6) is 1.64. The molecule has 2 aromatic rings. The van der Waals surface area contributed by atoms with Crippen LogP contribution in [-0.4, -0.2) is 17.3 Å². The van der Waals surface area contributed by atoms with Crippen molar-refractivity contribution in [1.29, 1.82) is 5.26 Å². The van der Waals surface area contributed by atoms with E-state index in [2.05, 4.69) is 11.1 Å². The van der Waals surface area contributed by atoms with Gasteiger partial charge in [-0.2, -0.15) is 5.26 Å². The second kappa shape index (κ2) is 7.14. The van der Waals surface area contributed by atoms with Crippen molar-refractivity contribution in [2.75, 3.05) is 12.4 Å². The van der Waals surface area contributed by atoms with Crippen LogP contribution in [-0.2, 0) is 0 Å². The molecule has 0 aliphatic carbocycles. The van der Waals surface area contributed by atoms with Crippen molar-refractivity contribution in [2.24, 2.45) is 0 Å². The summed E-state index contributed by atoms with van der Waals surface area (Å²) < 4.78 is 5.71. The average molecular weight is 298 g/mol. The summed E-state index contributed by atoms with van der Waals surface area (Å²) in [5, 5.41) is 10.0. The Balaban J connectivity index is 1.94. The van der Waals surface area contributed by atoms with Gasteiger partial charge < -0.3 is 4.74 Å². The summed E-state index contributed by atoms with van der Waals surface area (Å²) in [6.45, 7) is 6.52. The summed E-state index contributed by atoms with van der Waals surface area (Å²) in [6, 6.07) is 12.2. The van der Waals surface area contributed by atoms with Crippen LogP contribution in [0.1, 0.15) is 22.4 Å². The zero-order valence-electron chi connectivity index (χ0n) is 12.5. The maximum atomic E-state index is 9.22. The first-order valence-corrected chi connectivity index (χ1v) is 7.79. The number of hydrogen-bond donors (Lipinski definition) is 0. The zero-order chi connectivity index (χ0) is 15.2. The second-order valence-corrected chi connectivity index (χ2v) is 5.97. The molecule has 0 aliphatic heterocycles. The molecule has 0 fully saturated rings. The van der Waals surface area contributed by atoms with Crippen molar-refractivity contribution in [3.8, 4) is 11.8 Å². The van der Waals surface area contributed by atoms with E-state index in [9.17, 15) is 5.26 Å². The third-order valence-electron chi connectivity index (χ3n) is 3.00. The summed E-state index contributed by atoms with van der Waals surface area (Å²) in [6.07, 6.45) is 0. The monoisotopic (exact) mass is 298 g/mol. The van der Waals surface area contributed by atoms with Crippen molar-refractivity contribution in [1.82, 2.24) is 4.98 Å².